The first-order chi connectivity index (χ1) is 9.90. The molecule has 0 bridgehead atoms. The summed E-state index contributed by atoms with van der Waals surface area (Å²) in [6, 6.07) is 4.37. The van der Waals surface area contributed by atoms with Crippen LogP contribution in [0.15, 0.2) is 18.2 Å². The fourth-order valence-corrected chi connectivity index (χ4v) is 2.47. The molecule has 0 heterocycles. The smallest absolute Gasteiger partial charge is 0.269 e. The van der Waals surface area contributed by atoms with Crippen LogP contribution in [0.1, 0.15) is 18.4 Å². The highest BCUT2D eigenvalue weighted by atomic mass is 16.6. The van der Waals surface area contributed by atoms with E-state index >= 15 is 0 Å². The van der Waals surface area contributed by atoms with Crippen LogP contribution in [0, 0.1) is 23.0 Å². The molecule has 1 saturated carbocycles. The molecule has 1 amide bonds. The van der Waals surface area contributed by atoms with Gasteiger partial charge in [-0.05, 0) is 44.4 Å². The predicted octanol–water partition coefficient (Wildman–Crippen LogP) is 1.14. The number of carbonyl (C=O) groups excluding carboxylic acids is 1. The fraction of sp³-hybridized carbons (Fsp3) is 0.500. The lowest BCUT2D eigenvalue weighted by molar-refractivity contribution is -0.384. The molecule has 21 heavy (non-hydrogen) atoms. The number of carbonyl (C=O) groups is 1. The number of hydrogen-bond donors (Lipinski definition) is 2. The zero-order valence-corrected chi connectivity index (χ0v) is 12.1. The van der Waals surface area contributed by atoms with Gasteiger partial charge in [-0.15, -0.1) is 0 Å². The van der Waals surface area contributed by atoms with Crippen LogP contribution in [-0.4, -0.2) is 30.0 Å². The van der Waals surface area contributed by atoms with E-state index in [-0.39, 0.29) is 18.2 Å². The van der Waals surface area contributed by atoms with Crippen molar-refractivity contribution in [2.75, 3.05) is 13.7 Å². The first-order valence-corrected chi connectivity index (χ1v) is 6.77. The monoisotopic (exact) mass is 293 g/mol. The highest BCUT2D eigenvalue weighted by molar-refractivity contribution is 5.85. The van der Waals surface area contributed by atoms with Crippen LogP contribution < -0.4 is 15.8 Å². The van der Waals surface area contributed by atoms with Gasteiger partial charge in [0.05, 0.1) is 4.92 Å². The van der Waals surface area contributed by atoms with Gasteiger partial charge in [0.2, 0.25) is 5.91 Å². The summed E-state index contributed by atoms with van der Waals surface area (Å²) in [6.45, 7) is 1.84. The molecule has 0 spiro atoms. The number of non-ortho nitro benzene ring substituents is 1. The first kappa shape index (κ1) is 15.2. The van der Waals surface area contributed by atoms with E-state index in [1.165, 1.54) is 12.1 Å². The number of nitro groups is 1. The number of nitrogens with zero attached hydrogens (tertiary/aromatic N) is 1. The van der Waals surface area contributed by atoms with E-state index in [2.05, 4.69) is 5.32 Å². The SMILES string of the molecule is CNC(COc1ccc([N+](=O)[O-])cc1C)(C(N)=O)C1CC1. The van der Waals surface area contributed by atoms with Gasteiger partial charge in [-0.2, -0.15) is 0 Å². The standard InChI is InChI=1S/C14H19N3O4/c1-9-7-11(17(19)20)5-6-12(9)21-8-14(16-2,13(15)18)10-3-4-10/h5-7,10,16H,3-4,8H2,1-2H3,(H2,15,18). The van der Waals surface area contributed by atoms with E-state index < -0.39 is 16.4 Å². The second kappa shape index (κ2) is 5.69. The summed E-state index contributed by atoms with van der Waals surface area (Å²) >= 11 is 0. The summed E-state index contributed by atoms with van der Waals surface area (Å²) in [4.78, 5) is 22.0. The molecule has 2 rings (SSSR count). The highest BCUT2D eigenvalue weighted by Gasteiger charge is 2.49. The zero-order valence-electron chi connectivity index (χ0n) is 12.1. The molecule has 1 fully saturated rings. The van der Waals surface area contributed by atoms with Gasteiger partial charge >= 0.3 is 0 Å². The van der Waals surface area contributed by atoms with E-state index in [1.54, 1.807) is 20.0 Å². The number of nitrogens with one attached hydrogen (secondary N) is 1. The van der Waals surface area contributed by atoms with Gasteiger partial charge in [0.1, 0.15) is 17.9 Å². The van der Waals surface area contributed by atoms with Gasteiger partial charge in [-0.25, -0.2) is 0 Å². The molecule has 7 nitrogen and oxygen atoms in total. The lowest BCUT2D eigenvalue weighted by atomic mass is 9.93. The summed E-state index contributed by atoms with van der Waals surface area (Å²) in [5.74, 6) is 0.257. The van der Waals surface area contributed by atoms with Crippen LogP contribution in [0.5, 0.6) is 5.75 Å². The summed E-state index contributed by atoms with van der Waals surface area (Å²) in [7, 11) is 1.69. The van der Waals surface area contributed by atoms with Crippen molar-refractivity contribution < 1.29 is 14.5 Å². The van der Waals surface area contributed by atoms with Crippen molar-refractivity contribution in [1.29, 1.82) is 0 Å². The van der Waals surface area contributed by atoms with Crippen LogP contribution in [0.4, 0.5) is 5.69 Å². The van der Waals surface area contributed by atoms with E-state index in [1.807, 2.05) is 0 Å². The van der Waals surface area contributed by atoms with Crippen LogP contribution >= 0.6 is 0 Å². The average molecular weight is 293 g/mol. The van der Waals surface area contributed by atoms with E-state index in [4.69, 9.17) is 10.5 Å². The number of nitro benzene ring substituents is 1. The van der Waals surface area contributed by atoms with Gasteiger partial charge < -0.3 is 15.8 Å². The number of nitrogens with two attached hydrogens (primary N) is 1. The van der Waals surface area contributed by atoms with Crippen LogP contribution in [0.2, 0.25) is 0 Å². The molecule has 3 N–H and O–H groups in total. The van der Waals surface area contributed by atoms with Crippen LogP contribution in [0.25, 0.3) is 0 Å². The second-order valence-electron chi connectivity index (χ2n) is 5.36. The maximum Gasteiger partial charge on any atom is 0.269 e. The lowest BCUT2D eigenvalue weighted by Crippen LogP contribution is -2.59. The Balaban J connectivity index is 2.14. The number of primary amides is 1. The number of rotatable bonds is 7. The molecular formula is C14H19N3O4. The summed E-state index contributed by atoms with van der Waals surface area (Å²) in [5, 5.41) is 13.7. The Kier molecular flexibility index (Phi) is 4.13. The molecule has 0 saturated heterocycles. The molecule has 1 unspecified atom stereocenters. The first-order valence-electron chi connectivity index (χ1n) is 6.77. The van der Waals surface area contributed by atoms with Gasteiger partial charge in [0.15, 0.2) is 0 Å². The molecular weight excluding hydrogens is 274 g/mol. The van der Waals surface area contributed by atoms with Crippen LogP contribution in [-0.2, 0) is 4.79 Å². The number of benzene rings is 1. The molecule has 0 radical (unpaired) electrons. The Labute approximate surface area is 122 Å². The zero-order chi connectivity index (χ0) is 15.6. The largest absolute Gasteiger partial charge is 0.491 e. The molecule has 7 heteroatoms. The number of hydrogen-bond acceptors (Lipinski definition) is 5. The number of ether oxygens (including phenoxy) is 1. The van der Waals surface area contributed by atoms with Crippen molar-refractivity contribution in [2.24, 2.45) is 11.7 Å². The number of likely N-dealkylation sites (N-methyl/N-ethyl adjacent to an activating group) is 1. The van der Waals surface area contributed by atoms with Gasteiger partial charge in [-0.3, -0.25) is 14.9 Å². The Bertz CT molecular complexity index is 571. The quantitative estimate of drug-likeness (QED) is 0.579. The summed E-state index contributed by atoms with van der Waals surface area (Å²) in [6.07, 6.45) is 1.87. The van der Waals surface area contributed by atoms with Gasteiger partial charge in [0, 0.05) is 12.1 Å². The van der Waals surface area contributed by atoms with Gasteiger partial charge in [0.25, 0.3) is 5.69 Å². The molecule has 0 aliphatic heterocycles. The van der Waals surface area contributed by atoms with E-state index in [0.717, 1.165) is 12.8 Å². The normalized spacial score (nSPS) is 17.0. The molecule has 1 aliphatic rings. The minimum absolute atomic E-state index is 0.0109. The minimum Gasteiger partial charge on any atom is -0.491 e. The van der Waals surface area contributed by atoms with E-state index in [9.17, 15) is 14.9 Å². The second-order valence-corrected chi connectivity index (χ2v) is 5.36. The van der Waals surface area contributed by atoms with Crippen molar-refractivity contribution >= 4 is 11.6 Å². The maximum absolute atomic E-state index is 11.8. The highest BCUT2D eigenvalue weighted by Crippen LogP contribution is 2.40. The molecule has 0 aromatic heterocycles. The lowest BCUT2D eigenvalue weighted by Gasteiger charge is -2.30. The molecule has 114 valence electrons. The van der Waals surface area contributed by atoms with Crippen molar-refractivity contribution in [3.63, 3.8) is 0 Å². The average Bonchev–Trinajstić information content (AvgIpc) is 3.25. The molecule has 1 aliphatic carbocycles. The topological polar surface area (TPSA) is 107 Å². The third-order valence-electron chi connectivity index (χ3n) is 3.98. The number of aryl methyl sites for hydroxylation is 1. The predicted molar refractivity (Wildman–Crippen MR) is 77.0 cm³/mol. The van der Waals surface area contributed by atoms with Crippen molar-refractivity contribution in [2.45, 2.75) is 25.3 Å². The van der Waals surface area contributed by atoms with Crippen molar-refractivity contribution in [3.05, 3.63) is 33.9 Å². The Morgan fingerprint density at radius 1 is 1.57 bits per heavy atom. The Morgan fingerprint density at radius 3 is 2.67 bits per heavy atom. The van der Waals surface area contributed by atoms with Crippen molar-refractivity contribution in [1.82, 2.24) is 5.32 Å². The van der Waals surface area contributed by atoms with Crippen LogP contribution in [0.3, 0.4) is 0 Å². The van der Waals surface area contributed by atoms with Crippen molar-refractivity contribution in [3.8, 4) is 5.75 Å². The Hall–Kier alpha value is -2.15. The van der Waals surface area contributed by atoms with Gasteiger partial charge in [-0.1, -0.05) is 0 Å². The molecule has 1 atom stereocenters. The summed E-state index contributed by atoms with van der Waals surface area (Å²) < 4.78 is 5.70. The summed E-state index contributed by atoms with van der Waals surface area (Å²) in [5.41, 5.74) is 5.30. The maximum atomic E-state index is 11.8. The fourth-order valence-electron chi connectivity index (χ4n) is 2.47. The molecule has 1 aromatic carbocycles. The minimum atomic E-state index is -0.881. The van der Waals surface area contributed by atoms with E-state index in [0.29, 0.717) is 11.3 Å². The third-order valence-corrected chi connectivity index (χ3v) is 3.98. The Morgan fingerprint density at radius 2 is 2.24 bits per heavy atom. The third kappa shape index (κ3) is 2.97. The number of amides is 1. The molecule has 1 aromatic rings.